The molecule has 0 aliphatic heterocycles. The second kappa shape index (κ2) is 21.0. The zero-order valence-corrected chi connectivity index (χ0v) is 21.1. The van der Waals surface area contributed by atoms with E-state index in [1.165, 1.54) is 101 Å². The highest BCUT2D eigenvalue weighted by Crippen LogP contribution is 2.14. The Morgan fingerprint density at radius 3 is 1.58 bits per heavy atom. The molecule has 1 N–H and O–H groups in total. The van der Waals surface area contributed by atoms with E-state index in [0.29, 0.717) is 6.54 Å². The van der Waals surface area contributed by atoms with Crippen LogP contribution in [-0.4, -0.2) is 43.1 Å². The predicted octanol–water partition coefficient (Wildman–Crippen LogP) is 6.93. The maximum absolute atomic E-state index is 11.9. The van der Waals surface area contributed by atoms with Gasteiger partial charge in [0.15, 0.2) is 0 Å². The van der Waals surface area contributed by atoms with Gasteiger partial charge in [-0.05, 0) is 25.3 Å². The van der Waals surface area contributed by atoms with E-state index in [1.807, 2.05) is 6.08 Å². The highest BCUT2D eigenvalue weighted by atomic mass is 32.2. The second-order valence-electron chi connectivity index (χ2n) is 8.89. The minimum Gasteiger partial charge on any atom is -0.342 e. The topological polar surface area (TPSA) is 74.7 Å². The van der Waals surface area contributed by atoms with E-state index in [2.05, 4.69) is 6.92 Å². The normalized spacial score (nSPS) is 12.0. The van der Waals surface area contributed by atoms with Crippen LogP contribution in [0.5, 0.6) is 0 Å². The summed E-state index contributed by atoms with van der Waals surface area (Å²) in [5.41, 5.74) is 0. The van der Waals surface area contributed by atoms with Crippen LogP contribution in [0.25, 0.3) is 0 Å². The molecule has 0 bridgehead atoms. The van der Waals surface area contributed by atoms with Crippen molar-refractivity contribution in [3.05, 3.63) is 12.2 Å². The van der Waals surface area contributed by atoms with E-state index in [1.54, 1.807) is 13.1 Å². The lowest BCUT2D eigenvalue weighted by molar-refractivity contribution is -0.124. The maximum atomic E-state index is 11.9. The first-order chi connectivity index (χ1) is 14.9. The Kier molecular flexibility index (Phi) is 20.4. The molecule has 1 amide bonds. The molecule has 5 nitrogen and oxygen atoms in total. The molecule has 0 unspecified atom stereocenters. The summed E-state index contributed by atoms with van der Waals surface area (Å²) >= 11 is 0. The summed E-state index contributed by atoms with van der Waals surface area (Å²) in [4.78, 5) is 13.4. The van der Waals surface area contributed by atoms with Crippen molar-refractivity contribution in [3.8, 4) is 0 Å². The number of carbonyl (C=O) groups excluding carboxylic acids is 1. The first-order valence-corrected chi connectivity index (χ1v) is 14.3. The van der Waals surface area contributed by atoms with Crippen molar-refractivity contribution >= 4 is 16.0 Å². The predicted molar refractivity (Wildman–Crippen MR) is 132 cm³/mol. The number of carbonyl (C=O) groups is 1. The Balaban J connectivity index is 3.37. The van der Waals surface area contributed by atoms with Crippen LogP contribution in [0.4, 0.5) is 0 Å². The van der Waals surface area contributed by atoms with Crippen LogP contribution in [-0.2, 0) is 14.9 Å². The van der Waals surface area contributed by atoms with Crippen LogP contribution < -0.4 is 0 Å². The number of hydrogen-bond acceptors (Lipinski definition) is 3. The minimum atomic E-state index is -3.95. The largest absolute Gasteiger partial charge is 0.342 e. The Labute approximate surface area is 192 Å². The number of hydrogen-bond donors (Lipinski definition) is 1. The average Bonchev–Trinajstić information content (AvgIpc) is 2.71. The second-order valence-corrected chi connectivity index (χ2v) is 10.5. The number of amides is 1. The first-order valence-electron chi connectivity index (χ1n) is 12.7. The van der Waals surface area contributed by atoms with Gasteiger partial charge in [-0.1, -0.05) is 109 Å². The summed E-state index contributed by atoms with van der Waals surface area (Å²) in [6, 6.07) is 0. The van der Waals surface area contributed by atoms with E-state index in [0.717, 1.165) is 12.8 Å². The van der Waals surface area contributed by atoms with Crippen molar-refractivity contribution in [1.82, 2.24) is 4.90 Å². The number of likely N-dealkylation sites (N-methyl/N-ethyl adjacent to an activating group) is 1. The van der Waals surface area contributed by atoms with Crippen molar-refractivity contribution in [1.29, 1.82) is 0 Å². The number of rotatable bonds is 22. The highest BCUT2D eigenvalue weighted by Gasteiger charge is 2.08. The fraction of sp³-hybridized carbons (Fsp3) is 0.880. The van der Waals surface area contributed by atoms with Crippen molar-refractivity contribution in [3.63, 3.8) is 0 Å². The lowest BCUT2D eigenvalue weighted by Crippen LogP contribution is -2.27. The van der Waals surface area contributed by atoms with Gasteiger partial charge in [0.1, 0.15) is 0 Å². The van der Waals surface area contributed by atoms with Crippen molar-refractivity contribution in [2.24, 2.45) is 0 Å². The number of allylic oxidation sites excluding steroid dienone is 1. The van der Waals surface area contributed by atoms with Crippen molar-refractivity contribution < 1.29 is 17.8 Å². The number of nitrogens with zero attached hydrogens (tertiary/aromatic N) is 1. The van der Waals surface area contributed by atoms with E-state index in [-0.39, 0.29) is 18.1 Å². The Hall–Kier alpha value is -0.880. The molecule has 0 saturated carbocycles. The Morgan fingerprint density at radius 1 is 0.742 bits per heavy atom. The van der Waals surface area contributed by atoms with Crippen molar-refractivity contribution in [2.75, 3.05) is 19.3 Å². The van der Waals surface area contributed by atoms with Crippen LogP contribution in [0.2, 0.25) is 0 Å². The molecular formula is C25H49NO4S. The molecule has 0 aliphatic rings. The summed E-state index contributed by atoms with van der Waals surface area (Å²) in [6.45, 7) is 2.59. The van der Waals surface area contributed by atoms with E-state index < -0.39 is 10.1 Å². The van der Waals surface area contributed by atoms with Gasteiger partial charge in [-0.2, -0.15) is 8.42 Å². The lowest BCUT2D eigenvalue weighted by atomic mass is 10.0. The van der Waals surface area contributed by atoms with Gasteiger partial charge in [0.05, 0.1) is 5.75 Å². The summed E-state index contributed by atoms with van der Waals surface area (Å²) < 4.78 is 30.0. The molecule has 0 spiro atoms. The van der Waals surface area contributed by atoms with Crippen LogP contribution in [0.1, 0.15) is 122 Å². The Morgan fingerprint density at radius 2 is 1.16 bits per heavy atom. The van der Waals surface area contributed by atoms with E-state index in [9.17, 15) is 13.2 Å². The molecule has 0 atom stereocenters. The van der Waals surface area contributed by atoms with Gasteiger partial charge >= 0.3 is 0 Å². The van der Waals surface area contributed by atoms with Gasteiger partial charge in [0.25, 0.3) is 10.1 Å². The van der Waals surface area contributed by atoms with Gasteiger partial charge < -0.3 is 4.90 Å². The molecule has 31 heavy (non-hydrogen) atoms. The fourth-order valence-electron chi connectivity index (χ4n) is 3.72. The molecule has 0 saturated heterocycles. The minimum absolute atomic E-state index is 0.119. The summed E-state index contributed by atoms with van der Waals surface area (Å²) in [5, 5.41) is 0. The van der Waals surface area contributed by atoms with Crippen LogP contribution in [0, 0.1) is 0 Å². The van der Waals surface area contributed by atoms with Gasteiger partial charge in [-0.15, -0.1) is 0 Å². The van der Waals surface area contributed by atoms with Crippen LogP contribution >= 0.6 is 0 Å². The van der Waals surface area contributed by atoms with Gasteiger partial charge in [-0.3, -0.25) is 9.35 Å². The van der Waals surface area contributed by atoms with Gasteiger partial charge in [0.2, 0.25) is 5.91 Å². The van der Waals surface area contributed by atoms with Crippen molar-refractivity contribution in [2.45, 2.75) is 122 Å². The smallest absolute Gasteiger partial charge is 0.264 e. The zero-order valence-electron chi connectivity index (χ0n) is 20.3. The molecule has 0 aliphatic carbocycles. The van der Waals surface area contributed by atoms with E-state index in [4.69, 9.17) is 4.55 Å². The molecule has 0 radical (unpaired) electrons. The summed E-state index contributed by atoms with van der Waals surface area (Å²) in [7, 11) is -2.30. The first kappa shape index (κ1) is 30.1. The molecule has 184 valence electrons. The van der Waals surface area contributed by atoms with Gasteiger partial charge in [-0.25, -0.2) is 0 Å². The quantitative estimate of drug-likeness (QED) is 0.108. The molecule has 0 heterocycles. The van der Waals surface area contributed by atoms with Gasteiger partial charge in [0, 0.05) is 13.6 Å². The molecule has 0 rings (SSSR count). The molecule has 0 aromatic heterocycles. The molecule has 0 aromatic rings. The monoisotopic (exact) mass is 459 g/mol. The molecule has 6 heteroatoms. The SMILES string of the molecule is CCCCCCCCCCCCCCCCCC/C=C/C(=O)N(C)CCCS(=O)(=O)O. The fourth-order valence-corrected chi connectivity index (χ4v) is 4.21. The third-order valence-electron chi connectivity index (χ3n) is 5.76. The lowest BCUT2D eigenvalue weighted by Gasteiger charge is -2.14. The van der Waals surface area contributed by atoms with Crippen LogP contribution in [0.15, 0.2) is 12.2 Å². The summed E-state index contributed by atoms with van der Waals surface area (Å²) in [5.74, 6) is -0.431. The third kappa shape index (κ3) is 23.6. The maximum Gasteiger partial charge on any atom is 0.264 e. The van der Waals surface area contributed by atoms with Crippen LogP contribution in [0.3, 0.4) is 0 Å². The number of unbranched alkanes of at least 4 members (excludes halogenated alkanes) is 16. The zero-order chi connectivity index (χ0) is 23.2. The Bertz CT molecular complexity index is 546. The summed E-state index contributed by atoms with van der Waals surface area (Å²) in [6.07, 6.45) is 26.3. The molecule has 0 aromatic carbocycles. The standard InChI is InChI=1S/C25H49NO4S/c1-3-4-5-6-7-8-9-10-11-12-13-14-15-16-17-18-19-20-22-25(27)26(2)23-21-24-31(28,29)30/h20,22H,3-19,21,23-24H2,1-2H3,(H,28,29,30)/b22-20+. The highest BCUT2D eigenvalue weighted by molar-refractivity contribution is 7.85. The van der Waals surface area contributed by atoms with E-state index >= 15 is 0 Å². The third-order valence-corrected chi connectivity index (χ3v) is 6.56. The molecule has 0 fully saturated rings. The average molecular weight is 460 g/mol. The molecular weight excluding hydrogens is 410 g/mol.